The lowest BCUT2D eigenvalue weighted by Gasteiger charge is -2.11. The molecule has 0 radical (unpaired) electrons. The highest BCUT2D eigenvalue weighted by Crippen LogP contribution is 2.28. The van der Waals surface area contributed by atoms with Crippen molar-refractivity contribution in [1.29, 1.82) is 0 Å². The van der Waals surface area contributed by atoms with E-state index in [2.05, 4.69) is 15.6 Å². The van der Waals surface area contributed by atoms with Gasteiger partial charge in [-0.3, -0.25) is 9.59 Å². The Morgan fingerprint density at radius 1 is 0.970 bits per heavy atom. The molecule has 4 rings (SSSR count). The number of carbonyl (C=O) groups is 2. The smallest absolute Gasteiger partial charge is 0.255 e. The van der Waals surface area contributed by atoms with Gasteiger partial charge in [0.2, 0.25) is 5.91 Å². The van der Waals surface area contributed by atoms with E-state index >= 15 is 0 Å². The second-order valence-electron chi connectivity index (χ2n) is 7.14. The summed E-state index contributed by atoms with van der Waals surface area (Å²) in [6, 6.07) is 24.0. The average molecular weight is 494 g/mol. The zero-order valence-corrected chi connectivity index (χ0v) is 20.0. The van der Waals surface area contributed by atoms with Crippen molar-refractivity contribution < 1.29 is 9.59 Å². The largest absolute Gasteiger partial charge is 0.322 e. The zero-order valence-electron chi connectivity index (χ0n) is 17.6. The molecule has 3 aromatic carbocycles. The first kappa shape index (κ1) is 23.0. The second-order valence-corrected chi connectivity index (χ2v) is 9.85. The van der Waals surface area contributed by atoms with E-state index in [1.54, 1.807) is 24.3 Å². The topological polar surface area (TPSA) is 71.1 Å². The van der Waals surface area contributed by atoms with Crippen molar-refractivity contribution in [3.63, 3.8) is 0 Å². The average Bonchev–Trinajstić information content (AvgIpc) is 3.29. The van der Waals surface area contributed by atoms with E-state index < -0.39 is 0 Å². The number of anilines is 2. The van der Waals surface area contributed by atoms with Crippen LogP contribution < -0.4 is 10.6 Å². The number of carbonyl (C=O) groups excluding carboxylic acids is 2. The summed E-state index contributed by atoms with van der Waals surface area (Å²) in [4.78, 5) is 30.4. The van der Waals surface area contributed by atoms with Crippen LogP contribution in [0.4, 0.5) is 10.8 Å². The molecule has 1 aromatic heterocycles. The maximum atomic E-state index is 12.6. The highest BCUT2D eigenvalue weighted by Gasteiger charge is 2.16. The highest BCUT2D eigenvalue weighted by molar-refractivity contribution is 8.00. The molecule has 0 bridgehead atoms. The Morgan fingerprint density at radius 3 is 2.45 bits per heavy atom. The molecule has 4 aromatic rings. The zero-order chi connectivity index (χ0) is 23.2. The van der Waals surface area contributed by atoms with Gasteiger partial charge in [0.1, 0.15) is 0 Å². The van der Waals surface area contributed by atoms with Gasteiger partial charge >= 0.3 is 0 Å². The second kappa shape index (κ2) is 10.7. The Morgan fingerprint density at radius 2 is 1.73 bits per heavy atom. The molecule has 1 atom stereocenters. The molecule has 166 valence electrons. The number of nitrogens with zero attached hydrogens (tertiary/aromatic N) is 1. The molecule has 5 nitrogen and oxygen atoms in total. The first-order valence-electron chi connectivity index (χ1n) is 10.1. The summed E-state index contributed by atoms with van der Waals surface area (Å²) >= 11 is 8.79. The van der Waals surface area contributed by atoms with E-state index in [-0.39, 0.29) is 17.1 Å². The molecular weight excluding hydrogens is 474 g/mol. The quantitative estimate of drug-likeness (QED) is 0.276. The van der Waals surface area contributed by atoms with E-state index in [1.165, 1.54) is 23.1 Å². The Labute approximate surface area is 205 Å². The molecule has 0 saturated heterocycles. The molecule has 0 fully saturated rings. The van der Waals surface area contributed by atoms with Crippen LogP contribution in [0.2, 0.25) is 5.02 Å². The van der Waals surface area contributed by atoms with Gasteiger partial charge in [-0.05, 0) is 49.4 Å². The minimum Gasteiger partial charge on any atom is -0.322 e. The first-order chi connectivity index (χ1) is 16.0. The number of nitrogens with one attached hydrogen (secondary N) is 2. The minimum absolute atomic E-state index is 0.118. The Balaban J connectivity index is 1.32. The lowest BCUT2D eigenvalue weighted by atomic mass is 10.2. The summed E-state index contributed by atoms with van der Waals surface area (Å²) in [6.45, 7) is 1.85. The molecule has 0 saturated carbocycles. The normalized spacial score (nSPS) is 11.6. The van der Waals surface area contributed by atoms with Gasteiger partial charge in [0.25, 0.3) is 5.91 Å². The molecule has 0 aliphatic carbocycles. The van der Waals surface area contributed by atoms with E-state index in [9.17, 15) is 9.59 Å². The fourth-order valence-corrected chi connectivity index (χ4v) is 4.77. The number of thioether (sulfide) groups is 1. The monoisotopic (exact) mass is 493 g/mol. The fraction of sp³-hybridized carbons (Fsp3) is 0.0800. The van der Waals surface area contributed by atoms with Gasteiger partial charge in [0, 0.05) is 32.1 Å². The van der Waals surface area contributed by atoms with E-state index in [0.717, 1.165) is 16.2 Å². The van der Waals surface area contributed by atoms with Crippen LogP contribution in [0, 0.1) is 0 Å². The van der Waals surface area contributed by atoms with Gasteiger partial charge in [-0.15, -0.1) is 23.1 Å². The molecule has 33 heavy (non-hydrogen) atoms. The lowest BCUT2D eigenvalue weighted by Crippen LogP contribution is -2.22. The van der Waals surface area contributed by atoms with E-state index in [0.29, 0.717) is 21.4 Å². The maximum absolute atomic E-state index is 12.6. The van der Waals surface area contributed by atoms with Gasteiger partial charge < -0.3 is 10.6 Å². The third kappa shape index (κ3) is 6.22. The number of halogens is 1. The van der Waals surface area contributed by atoms with Crippen molar-refractivity contribution in [2.75, 3.05) is 10.6 Å². The van der Waals surface area contributed by atoms with Crippen LogP contribution in [0.5, 0.6) is 0 Å². The van der Waals surface area contributed by atoms with Crippen molar-refractivity contribution in [3.8, 4) is 11.3 Å². The van der Waals surface area contributed by atoms with Crippen LogP contribution in [0.1, 0.15) is 17.3 Å². The molecule has 2 N–H and O–H groups in total. The first-order valence-corrected chi connectivity index (χ1v) is 12.3. The van der Waals surface area contributed by atoms with E-state index in [1.807, 2.05) is 66.9 Å². The van der Waals surface area contributed by atoms with Crippen LogP contribution in [0.15, 0.2) is 89.1 Å². The number of aromatic nitrogens is 1. The molecule has 2 amide bonds. The molecule has 1 heterocycles. The predicted octanol–water partition coefficient (Wildman–Crippen LogP) is 6.84. The van der Waals surface area contributed by atoms with Crippen molar-refractivity contribution in [2.24, 2.45) is 0 Å². The Hall–Kier alpha value is -3.13. The molecule has 0 aliphatic heterocycles. The fourth-order valence-electron chi connectivity index (χ4n) is 2.99. The van der Waals surface area contributed by atoms with Crippen LogP contribution in [-0.4, -0.2) is 22.0 Å². The standard InChI is InChI=1S/C25H20ClN3O2S2/c1-16(23(30)29-25-28-22(15-32-25)17-6-3-2-4-7-17)33-21-12-10-20(11-13-21)27-24(31)18-8-5-9-19(26)14-18/h2-16H,1H3,(H,27,31)(H,28,29,30). The SMILES string of the molecule is CC(Sc1ccc(NC(=O)c2cccc(Cl)c2)cc1)C(=O)Nc1nc(-c2ccccc2)cs1. The molecule has 8 heteroatoms. The molecule has 1 unspecified atom stereocenters. The molecular formula is C25H20ClN3O2S2. The van der Waals surface area contributed by atoms with Gasteiger partial charge in [0.15, 0.2) is 5.13 Å². The number of rotatable bonds is 7. The van der Waals surface area contributed by atoms with Gasteiger partial charge in [0.05, 0.1) is 10.9 Å². The molecule has 0 aliphatic rings. The third-order valence-electron chi connectivity index (χ3n) is 4.68. The van der Waals surface area contributed by atoms with Crippen LogP contribution >= 0.6 is 34.7 Å². The van der Waals surface area contributed by atoms with Crippen LogP contribution in [0.3, 0.4) is 0 Å². The van der Waals surface area contributed by atoms with Crippen molar-refractivity contribution in [2.45, 2.75) is 17.1 Å². The number of benzene rings is 3. The van der Waals surface area contributed by atoms with Crippen molar-refractivity contribution in [1.82, 2.24) is 4.98 Å². The summed E-state index contributed by atoms with van der Waals surface area (Å²) in [5.74, 6) is -0.351. The summed E-state index contributed by atoms with van der Waals surface area (Å²) in [7, 11) is 0. The number of thiazole rings is 1. The number of hydrogen-bond acceptors (Lipinski definition) is 5. The van der Waals surface area contributed by atoms with Gasteiger partial charge in [-0.2, -0.15) is 0 Å². The van der Waals surface area contributed by atoms with Crippen LogP contribution in [-0.2, 0) is 4.79 Å². The third-order valence-corrected chi connectivity index (χ3v) is 6.79. The van der Waals surface area contributed by atoms with Crippen LogP contribution in [0.25, 0.3) is 11.3 Å². The number of hydrogen-bond donors (Lipinski definition) is 2. The predicted molar refractivity (Wildman–Crippen MR) is 137 cm³/mol. The molecule has 0 spiro atoms. The highest BCUT2D eigenvalue weighted by atomic mass is 35.5. The lowest BCUT2D eigenvalue weighted by molar-refractivity contribution is -0.115. The summed E-state index contributed by atoms with van der Waals surface area (Å²) in [5, 5.41) is 8.43. The van der Waals surface area contributed by atoms with Gasteiger partial charge in [-0.25, -0.2) is 4.98 Å². The van der Waals surface area contributed by atoms with E-state index in [4.69, 9.17) is 11.6 Å². The van der Waals surface area contributed by atoms with Crippen molar-refractivity contribution in [3.05, 3.63) is 94.8 Å². The Kier molecular flexibility index (Phi) is 7.44. The van der Waals surface area contributed by atoms with Gasteiger partial charge in [-0.1, -0.05) is 48.0 Å². The minimum atomic E-state index is -0.319. The number of amides is 2. The Bertz CT molecular complexity index is 1260. The summed E-state index contributed by atoms with van der Waals surface area (Å²) < 4.78 is 0. The maximum Gasteiger partial charge on any atom is 0.255 e. The summed E-state index contributed by atoms with van der Waals surface area (Å²) in [6.07, 6.45) is 0. The summed E-state index contributed by atoms with van der Waals surface area (Å²) in [5.41, 5.74) is 3.01. The van der Waals surface area contributed by atoms with Crippen molar-refractivity contribution >= 4 is 57.3 Å².